The van der Waals surface area contributed by atoms with Crippen molar-refractivity contribution in [2.45, 2.75) is 25.4 Å². The van der Waals surface area contributed by atoms with E-state index in [9.17, 15) is 5.11 Å². The second-order valence-electron chi connectivity index (χ2n) is 4.81. The molecule has 1 saturated heterocycles. The van der Waals surface area contributed by atoms with Crippen molar-refractivity contribution in [2.24, 2.45) is 0 Å². The van der Waals surface area contributed by atoms with Crippen molar-refractivity contribution in [3.63, 3.8) is 0 Å². The average Bonchev–Trinajstić information content (AvgIpc) is 2.29. The van der Waals surface area contributed by atoms with Gasteiger partial charge in [0.2, 0.25) is 0 Å². The van der Waals surface area contributed by atoms with Crippen LogP contribution in [-0.4, -0.2) is 30.3 Å². The number of hydrogen-bond acceptors (Lipinski definition) is 3. The van der Waals surface area contributed by atoms with Crippen LogP contribution in [0.15, 0.2) is 22.7 Å². The van der Waals surface area contributed by atoms with Crippen LogP contribution in [0.1, 0.15) is 18.4 Å². The lowest BCUT2D eigenvalue weighted by Crippen LogP contribution is -2.46. The molecule has 0 atom stereocenters. The summed E-state index contributed by atoms with van der Waals surface area (Å²) in [6, 6.07) is 6.19. The van der Waals surface area contributed by atoms with E-state index in [2.05, 4.69) is 45.6 Å². The lowest BCUT2D eigenvalue weighted by molar-refractivity contribution is 0.0232. The minimum atomic E-state index is -0.574. The molecule has 1 aliphatic heterocycles. The molecule has 4 heteroatoms. The van der Waals surface area contributed by atoms with Gasteiger partial charge in [0, 0.05) is 16.7 Å². The molecule has 1 aromatic rings. The Balaban J connectivity index is 1.97. The van der Waals surface area contributed by atoms with Gasteiger partial charge in [-0.3, -0.25) is 0 Å². The van der Waals surface area contributed by atoms with Crippen molar-refractivity contribution >= 4 is 21.6 Å². The molecule has 0 amide bonds. The van der Waals surface area contributed by atoms with Gasteiger partial charge in [0.1, 0.15) is 0 Å². The summed E-state index contributed by atoms with van der Waals surface area (Å²) in [5, 5.41) is 16.9. The first kappa shape index (κ1) is 12.9. The summed E-state index contributed by atoms with van der Waals surface area (Å²) < 4.78 is 1.05. The highest BCUT2D eigenvalue weighted by Gasteiger charge is 2.28. The Labute approximate surface area is 111 Å². The topological polar surface area (TPSA) is 44.3 Å². The second kappa shape index (κ2) is 5.38. The van der Waals surface area contributed by atoms with Crippen LogP contribution in [0.3, 0.4) is 0 Å². The number of aliphatic hydroxyl groups is 1. The fourth-order valence-electron chi connectivity index (χ4n) is 2.09. The van der Waals surface area contributed by atoms with Gasteiger partial charge in [-0.25, -0.2) is 0 Å². The zero-order valence-electron chi connectivity index (χ0n) is 10.1. The molecule has 0 aliphatic carbocycles. The third-order valence-electron chi connectivity index (χ3n) is 3.27. The summed E-state index contributed by atoms with van der Waals surface area (Å²) in [5.74, 6) is 0. The van der Waals surface area contributed by atoms with E-state index in [1.54, 1.807) is 0 Å². The predicted molar refractivity (Wildman–Crippen MR) is 74.4 cm³/mol. The van der Waals surface area contributed by atoms with Crippen LogP contribution < -0.4 is 10.6 Å². The van der Waals surface area contributed by atoms with Gasteiger partial charge in [-0.15, -0.1) is 0 Å². The summed E-state index contributed by atoms with van der Waals surface area (Å²) in [5.41, 5.74) is 1.70. The molecule has 2 rings (SSSR count). The third kappa shape index (κ3) is 3.44. The number of halogens is 1. The number of nitrogens with one attached hydrogen (secondary N) is 2. The van der Waals surface area contributed by atoms with E-state index >= 15 is 0 Å². The first-order valence-electron chi connectivity index (χ1n) is 6.02. The number of benzene rings is 1. The normalized spacial score (nSPS) is 19.0. The molecule has 0 spiro atoms. The van der Waals surface area contributed by atoms with E-state index in [-0.39, 0.29) is 0 Å². The smallest absolute Gasteiger partial charge is 0.0843 e. The van der Waals surface area contributed by atoms with Gasteiger partial charge in [-0.2, -0.15) is 0 Å². The minimum absolute atomic E-state index is 0.574. The number of piperidine rings is 1. The molecular formula is C13H19BrN2O. The number of anilines is 1. The van der Waals surface area contributed by atoms with Crippen LogP contribution in [0.5, 0.6) is 0 Å². The van der Waals surface area contributed by atoms with E-state index in [0.717, 1.165) is 36.1 Å². The summed E-state index contributed by atoms with van der Waals surface area (Å²) in [7, 11) is 0. The van der Waals surface area contributed by atoms with E-state index < -0.39 is 5.60 Å². The predicted octanol–water partition coefficient (Wildman–Crippen LogP) is 2.28. The van der Waals surface area contributed by atoms with Gasteiger partial charge in [0.15, 0.2) is 0 Å². The summed E-state index contributed by atoms with van der Waals surface area (Å²) in [4.78, 5) is 0. The Hall–Kier alpha value is -0.580. The van der Waals surface area contributed by atoms with Crippen LogP contribution in [0, 0.1) is 6.92 Å². The molecule has 3 N–H and O–H groups in total. The van der Waals surface area contributed by atoms with Crippen LogP contribution in [0.4, 0.5) is 5.69 Å². The number of aryl methyl sites for hydroxylation is 1. The van der Waals surface area contributed by atoms with E-state index in [1.165, 1.54) is 5.56 Å². The molecule has 1 fully saturated rings. The molecule has 0 radical (unpaired) electrons. The van der Waals surface area contributed by atoms with Crippen molar-refractivity contribution in [1.82, 2.24) is 5.32 Å². The summed E-state index contributed by atoms with van der Waals surface area (Å²) in [6.45, 7) is 4.46. The molecule has 17 heavy (non-hydrogen) atoms. The molecule has 0 saturated carbocycles. The zero-order chi connectivity index (χ0) is 12.3. The Morgan fingerprint density at radius 1 is 1.41 bits per heavy atom. The molecule has 0 unspecified atom stereocenters. The molecule has 3 nitrogen and oxygen atoms in total. The lowest BCUT2D eigenvalue weighted by atomic mass is 9.92. The standard InChI is InChI=1S/C13H19BrN2O/c1-10-2-3-12(11(14)8-10)16-9-13(17)4-6-15-7-5-13/h2-3,8,15-17H,4-7,9H2,1H3. The maximum absolute atomic E-state index is 10.4. The highest BCUT2D eigenvalue weighted by atomic mass is 79.9. The van der Waals surface area contributed by atoms with Gasteiger partial charge in [-0.1, -0.05) is 6.07 Å². The van der Waals surface area contributed by atoms with Crippen molar-refractivity contribution < 1.29 is 5.11 Å². The summed E-state index contributed by atoms with van der Waals surface area (Å²) in [6.07, 6.45) is 1.62. The van der Waals surface area contributed by atoms with Crippen molar-refractivity contribution in [3.05, 3.63) is 28.2 Å². The number of rotatable bonds is 3. The van der Waals surface area contributed by atoms with Gasteiger partial charge < -0.3 is 15.7 Å². The Bertz CT molecular complexity index is 389. The van der Waals surface area contributed by atoms with Crippen LogP contribution >= 0.6 is 15.9 Å². The molecule has 0 aromatic heterocycles. The molecular weight excluding hydrogens is 280 g/mol. The third-order valence-corrected chi connectivity index (χ3v) is 3.92. The van der Waals surface area contributed by atoms with Crippen molar-refractivity contribution in [1.29, 1.82) is 0 Å². The van der Waals surface area contributed by atoms with Crippen molar-refractivity contribution in [2.75, 3.05) is 25.0 Å². The maximum Gasteiger partial charge on any atom is 0.0843 e. The fourth-order valence-corrected chi connectivity index (χ4v) is 2.73. The van der Waals surface area contributed by atoms with E-state index in [4.69, 9.17) is 0 Å². The molecule has 1 aromatic carbocycles. The molecule has 0 bridgehead atoms. The lowest BCUT2D eigenvalue weighted by Gasteiger charge is -2.33. The quantitative estimate of drug-likeness (QED) is 0.802. The van der Waals surface area contributed by atoms with E-state index in [1.807, 2.05) is 6.07 Å². The van der Waals surface area contributed by atoms with Crippen LogP contribution in [-0.2, 0) is 0 Å². The first-order valence-corrected chi connectivity index (χ1v) is 6.81. The van der Waals surface area contributed by atoms with Crippen molar-refractivity contribution in [3.8, 4) is 0 Å². The molecule has 1 heterocycles. The van der Waals surface area contributed by atoms with Crippen LogP contribution in [0.25, 0.3) is 0 Å². The van der Waals surface area contributed by atoms with Crippen LogP contribution in [0.2, 0.25) is 0 Å². The zero-order valence-corrected chi connectivity index (χ0v) is 11.7. The van der Waals surface area contributed by atoms with Gasteiger partial charge in [0.25, 0.3) is 0 Å². The Morgan fingerprint density at radius 3 is 2.76 bits per heavy atom. The number of hydrogen-bond donors (Lipinski definition) is 3. The molecule has 94 valence electrons. The maximum atomic E-state index is 10.4. The molecule has 1 aliphatic rings. The second-order valence-corrected chi connectivity index (χ2v) is 5.67. The van der Waals surface area contributed by atoms with Gasteiger partial charge >= 0.3 is 0 Å². The minimum Gasteiger partial charge on any atom is -0.388 e. The van der Waals surface area contributed by atoms with Gasteiger partial charge in [-0.05, 0) is 66.5 Å². The largest absolute Gasteiger partial charge is 0.388 e. The SMILES string of the molecule is Cc1ccc(NCC2(O)CCNCC2)c(Br)c1. The Kier molecular flexibility index (Phi) is 4.07. The monoisotopic (exact) mass is 298 g/mol. The van der Waals surface area contributed by atoms with Gasteiger partial charge in [0.05, 0.1) is 5.60 Å². The first-order chi connectivity index (χ1) is 8.09. The Morgan fingerprint density at radius 2 is 2.12 bits per heavy atom. The highest BCUT2D eigenvalue weighted by molar-refractivity contribution is 9.10. The van der Waals surface area contributed by atoms with E-state index in [0.29, 0.717) is 6.54 Å². The highest BCUT2D eigenvalue weighted by Crippen LogP contribution is 2.25. The fraction of sp³-hybridized carbons (Fsp3) is 0.538. The summed E-state index contributed by atoms with van der Waals surface area (Å²) >= 11 is 3.53. The average molecular weight is 299 g/mol.